The molecule has 156 valence electrons. The Morgan fingerprint density at radius 2 is 1.66 bits per heavy atom. The third-order valence-corrected chi connectivity index (χ3v) is 6.82. The van der Waals surface area contributed by atoms with Crippen LogP contribution in [0.3, 0.4) is 0 Å². The largest absolute Gasteiger partial charge is 0.339 e. The molecule has 6 heteroatoms. The lowest BCUT2D eigenvalue weighted by molar-refractivity contribution is -0.132. The number of hydrogen-bond acceptors (Lipinski definition) is 4. The quantitative estimate of drug-likeness (QED) is 0.743. The molecular formula is C23H31N3O2S. The van der Waals surface area contributed by atoms with Crippen LogP contribution in [0.1, 0.15) is 59.5 Å². The number of aromatic nitrogens is 1. The van der Waals surface area contributed by atoms with E-state index in [4.69, 9.17) is 0 Å². The summed E-state index contributed by atoms with van der Waals surface area (Å²) in [6.07, 6.45) is 2.34. The number of hydrogen-bond donors (Lipinski definition) is 0. The Kier molecular flexibility index (Phi) is 6.73. The summed E-state index contributed by atoms with van der Waals surface area (Å²) in [6, 6.07) is 10.3. The molecule has 2 heterocycles. The van der Waals surface area contributed by atoms with E-state index in [9.17, 15) is 9.59 Å². The summed E-state index contributed by atoms with van der Waals surface area (Å²) in [5.41, 5.74) is 2.02. The van der Waals surface area contributed by atoms with E-state index >= 15 is 0 Å². The maximum atomic E-state index is 13.0. The van der Waals surface area contributed by atoms with Crippen LogP contribution in [-0.2, 0) is 16.6 Å². The summed E-state index contributed by atoms with van der Waals surface area (Å²) < 4.78 is 0. The molecule has 0 saturated carbocycles. The summed E-state index contributed by atoms with van der Waals surface area (Å²) in [5.74, 6) is 0.240. The highest BCUT2D eigenvalue weighted by molar-refractivity contribution is 7.14. The smallest absolute Gasteiger partial charge is 0.265 e. The van der Waals surface area contributed by atoms with E-state index in [0.29, 0.717) is 32.6 Å². The van der Waals surface area contributed by atoms with Crippen LogP contribution in [0.15, 0.2) is 30.3 Å². The molecule has 0 aliphatic carbocycles. The lowest BCUT2D eigenvalue weighted by Gasteiger charge is -2.34. The molecule has 1 aromatic carbocycles. The zero-order valence-corrected chi connectivity index (χ0v) is 18.7. The summed E-state index contributed by atoms with van der Waals surface area (Å²) in [4.78, 5) is 34.6. The average Bonchev–Trinajstić information content (AvgIpc) is 3.10. The molecule has 0 unspecified atom stereocenters. The van der Waals surface area contributed by atoms with E-state index in [1.807, 2.05) is 34.9 Å². The monoisotopic (exact) mass is 413 g/mol. The summed E-state index contributed by atoms with van der Waals surface area (Å²) in [5, 5.41) is 0.991. The van der Waals surface area contributed by atoms with Crippen LogP contribution in [0.25, 0.3) is 0 Å². The Hall–Kier alpha value is -2.21. The topological polar surface area (TPSA) is 53.5 Å². The molecule has 1 aliphatic heterocycles. The average molecular weight is 414 g/mol. The van der Waals surface area contributed by atoms with Crippen molar-refractivity contribution in [2.24, 2.45) is 0 Å². The SMILES string of the molecule is Cc1nc(C(C)(C)C)sc1C(=O)N1CCN(C(=O)CCCc2ccccc2)CC1. The molecule has 0 radical (unpaired) electrons. The third-order valence-electron chi connectivity index (χ3n) is 5.25. The summed E-state index contributed by atoms with van der Waals surface area (Å²) in [6.45, 7) is 10.6. The number of carbonyl (C=O) groups excluding carboxylic acids is 2. The summed E-state index contributed by atoms with van der Waals surface area (Å²) >= 11 is 1.50. The number of aryl methyl sites for hydroxylation is 2. The van der Waals surface area contributed by atoms with E-state index in [1.165, 1.54) is 16.9 Å². The minimum absolute atomic E-state index is 0.0478. The lowest BCUT2D eigenvalue weighted by atomic mass is 9.98. The van der Waals surface area contributed by atoms with Gasteiger partial charge in [-0.25, -0.2) is 4.98 Å². The molecular weight excluding hydrogens is 382 g/mol. The van der Waals surface area contributed by atoms with Gasteiger partial charge in [-0.05, 0) is 25.3 Å². The number of nitrogens with zero attached hydrogens (tertiary/aromatic N) is 3. The second-order valence-corrected chi connectivity index (χ2v) is 9.69. The molecule has 0 atom stereocenters. The normalized spacial score (nSPS) is 14.9. The van der Waals surface area contributed by atoms with E-state index < -0.39 is 0 Å². The molecule has 0 bridgehead atoms. The predicted octanol–water partition coefficient (Wildman–Crippen LogP) is 4.06. The minimum atomic E-state index is -0.0567. The van der Waals surface area contributed by atoms with Gasteiger partial charge < -0.3 is 9.80 Å². The molecule has 1 fully saturated rings. The highest BCUT2D eigenvalue weighted by Crippen LogP contribution is 2.30. The second kappa shape index (κ2) is 9.08. The molecule has 0 N–H and O–H groups in total. The van der Waals surface area contributed by atoms with Gasteiger partial charge in [0.25, 0.3) is 5.91 Å². The van der Waals surface area contributed by atoms with Crippen LogP contribution < -0.4 is 0 Å². The van der Waals surface area contributed by atoms with Crippen molar-refractivity contribution in [3.05, 3.63) is 51.5 Å². The molecule has 5 nitrogen and oxygen atoms in total. The van der Waals surface area contributed by atoms with Gasteiger partial charge in [0.15, 0.2) is 0 Å². The van der Waals surface area contributed by atoms with Crippen LogP contribution in [0.2, 0.25) is 0 Å². The first-order valence-corrected chi connectivity index (χ1v) is 11.2. The van der Waals surface area contributed by atoms with Crippen LogP contribution in [0.4, 0.5) is 0 Å². The maximum Gasteiger partial charge on any atom is 0.265 e. The molecule has 29 heavy (non-hydrogen) atoms. The molecule has 2 aromatic rings. The van der Waals surface area contributed by atoms with Gasteiger partial charge in [0.05, 0.1) is 10.7 Å². The Morgan fingerprint density at radius 3 is 2.24 bits per heavy atom. The van der Waals surface area contributed by atoms with Crippen LogP contribution in [0.5, 0.6) is 0 Å². The van der Waals surface area contributed by atoms with Crippen molar-refractivity contribution in [3.63, 3.8) is 0 Å². The van der Waals surface area contributed by atoms with Crippen molar-refractivity contribution in [1.29, 1.82) is 0 Å². The van der Waals surface area contributed by atoms with Crippen molar-refractivity contribution in [2.75, 3.05) is 26.2 Å². The van der Waals surface area contributed by atoms with Crippen molar-refractivity contribution in [3.8, 4) is 0 Å². The van der Waals surface area contributed by atoms with Gasteiger partial charge in [0.1, 0.15) is 4.88 Å². The number of thiazole rings is 1. The Labute approximate surface area is 177 Å². The molecule has 0 spiro atoms. The Bertz CT molecular complexity index is 847. The fourth-order valence-corrected chi connectivity index (χ4v) is 4.56. The van der Waals surface area contributed by atoms with E-state index in [2.05, 4.69) is 37.9 Å². The second-order valence-electron chi connectivity index (χ2n) is 8.70. The maximum absolute atomic E-state index is 13.0. The van der Waals surface area contributed by atoms with E-state index in [0.717, 1.165) is 28.4 Å². The Morgan fingerprint density at radius 1 is 1.03 bits per heavy atom. The Balaban J connectivity index is 1.49. The van der Waals surface area contributed by atoms with Crippen LogP contribution >= 0.6 is 11.3 Å². The predicted molar refractivity (Wildman–Crippen MR) is 117 cm³/mol. The van der Waals surface area contributed by atoms with E-state index in [-0.39, 0.29) is 17.2 Å². The van der Waals surface area contributed by atoms with Gasteiger partial charge in [-0.3, -0.25) is 9.59 Å². The number of carbonyl (C=O) groups is 2. The highest BCUT2D eigenvalue weighted by Gasteiger charge is 2.29. The van der Waals surface area contributed by atoms with Gasteiger partial charge in [-0.2, -0.15) is 0 Å². The van der Waals surface area contributed by atoms with Crippen molar-refractivity contribution < 1.29 is 9.59 Å². The molecule has 1 saturated heterocycles. The first kappa shape index (κ1) is 21.5. The fourth-order valence-electron chi connectivity index (χ4n) is 3.46. The number of amides is 2. The lowest BCUT2D eigenvalue weighted by Crippen LogP contribution is -2.50. The van der Waals surface area contributed by atoms with Crippen molar-refractivity contribution in [1.82, 2.24) is 14.8 Å². The zero-order valence-electron chi connectivity index (χ0n) is 17.9. The number of benzene rings is 1. The highest BCUT2D eigenvalue weighted by atomic mass is 32.1. The van der Waals surface area contributed by atoms with Crippen LogP contribution in [0, 0.1) is 6.92 Å². The van der Waals surface area contributed by atoms with Crippen molar-refractivity contribution in [2.45, 2.75) is 52.4 Å². The van der Waals surface area contributed by atoms with Gasteiger partial charge in [-0.15, -0.1) is 11.3 Å². The molecule has 2 amide bonds. The van der Waals surface area contributed by atoms with Gasteiger partial charge in [0.2, 0.25) is 5.91 Å². The first-order chi connectivity index (χ1) is 13.8. The zero-order chi connectivity index (χ0) is 21.0. The van der Waals surface area contributed by atoms with Gasteiger partial charge >= 0.3 is 0 Å². The first-order valence-electron chi connectivity index (χ1n) is 10.3. The molecule has 1 aromatic heterocycles. The van der Waals surface area contributed by atoms with Gasteiger partial charge in [-0.1, -0.05) is 51.1 Å². The number of rotatable bonds is 5. The van der Waals surface area contributed by atoms with Crippen LogP contribution in [-0.4, -0.2) is 52.8 Å². The molecule has 3 rings (SSSR count). The minimum Gasteiger partial charge on any atom is -0.339 e. The number of piperazine rings is 1. The van der Waals surface area contributed by atoms with Crippen molar-refractivity contribution >= 4 is 23.2 Å². The molecule has 1 aliphatic rings. The fraction of sp³-hybridized carbons (Fsp3) is 0.522. The standard InChI is InChI=1S/C23H31N3O2S/c1-17-20(29-22(24-17)23(2,3)4)21(28)26-15-13-25(14-16-26)19(27)12-8-11-18-9-6-5-7-10-18/h5-7,9-10H,8,11-16H2,1-4H3. The van der Waals surface area contributed by atoms with Gasteiger partial charge in [0, 0.05) is 38.0 Å². The summed E-state index contributed by atoms with van der Waals surface area (Å²) in [7, 11) is 0. The third kappa shape index (κ3) is 5.44. The van der Waals surface area contributed by atoms with E-state index in [1.54, 1.807) is 0 Å².